The molecule has 1 aromatic carbocycles. The van der Waals surface area contributed by atoms with Crippen molar-refractivity contribution in [3.63, 3.8) is 0 Å². The van der Waals surface area contributed by atoms with Crippen molar-refractivity contribution in [3.05, 3.63) is 29.8 Å². The number of fused-ring (bicyclic) bond motifs is 1. The van der Waals surface area contributed by atoms with Crippen LogP contribution in [0.25, 0.3) is 11.0 Å². The standard InChI is InChI=1S/C15H20FN2O6P/c1-8-4-9(16)12-10(5-8)18(7-17-12)15-13(19)14(24-25(3,20)21)11(23-15)6-22-2/h4-5,7,11,13-15,19H,6H2,1-3H3,(H,20,21)/t11-,13+,14?,15-/m1/s1. The Bertz CT molecular complexity index is 822. The zero-order valence-electron chi connectivity index (χ0n) is 14.0. The van der Waals surface area contributed by atoms with Crippen LogP contribution in [0, 0.1) is 12.7 Å². The molecule has 0 amide bonds. The fraction of sp³-hybridized carbons (Fsp3) is 0.533. The predicted octanol–water partition coefficient (Wildman–Crippen LogP) is 1.59. The maximum absolute atomic E-state index is 14.0. The minimum Gasteiger partial charge on any atom is -0.386 e. The van der Waals surface area contributed by atoms with Crippen molar-refractivity contribution in [2.75, 3.05) is 20.4 Å². The van der Waals surface area contributed by atoms with Gasteiger partial charge in [0.05, 0.1) is 18.5 Å². The van der Waals surface area contributed by atoms with Crippen molar-refractivity contribution in [1.29, 1.82) is 0 Å². The smallest absolute Gasteiger partial charge is 0.325 e. The second kappa shape index (κ2) is 6.75. The molecule has 8 nitrogen and oxygen atoms in total. The molecule has 1 aliphatic rings. The molecule has 2 heterocycles. The molecule has 0 radical (unpaired) electrons. The lowest BCUT2D eigenvalue weighted by Gasteiger charge is -2.21. The van der Waals surface area contributed by atoms with Gasteiger partial charge < -0.3 is 24.0 Å². The van der Waals surface area contributed by atoms with Gasteiger partial charge in [0, 0.05) is 13.8 Å². The van der Waals surface area contributed by atoms with Gasteiger partial charge >= 0.3 is 7.60 Å². The molecule has 25 heavy (non-hydrogen) atoms. The number of hydrogen-bond donors (Lipinski definition) is 2. The van der Waals surface area contributed by atoms with Crippen molar-refractivity contribution in [2.24, 2.45) is 0 Å². The van der Waals surface area contributed by atoms with Crippen molar-refractivity contribution in [2.45, 2.75) is 31.5 Å². The van der Waals surface area contributed by atoms with Gasteiger partial charge in [-0.1, -0.05) is 0 Å². The minimum atomic E-state index is -3.86. The summed E-state index contributed by atoms with van der Waals surface area (Å²) in [6.45, 7) is 2.82. The Labute approximate surface area is 143 Å². The number of ether oxygens (including phenoxy) is 2. The number of aliphatic hydroxyl groups is 1. The van der Waals surface area contributed by atoms with Gasteiger partial charge in [0.2, 0.25) is 0 Å². The summed E-state index contributed by atoms with van der Waals surface area (Å²) in [5.74, 6) is -0.476. The third kappa shape index (κ3) is 3.62. The highest BCUT2D eigenvalue weighted by molar-refractivity contribution is 7.51. The van der Waals surface area contributed by atoms with Gasteiger partial charge in [0.15, 0.2) is 12.0 Å². The molecule has 138 valence electrons. The van der Waals surface area contributed by atoms with Gasteiger partial charge in [0.25, 0.3) is 0 Å². The summed E-state index contributed by atoms with van der Waals surface area (Å²) in [5, 5.41) is 10.6. The van der Waals surface area contributed by atoms with Crippen LogP contribution < -0.4 is 0 Å². The fourth-order valence-electron chi connectivity index (χ4n) is 3.03. The van der Waals surface area contributed by atoms with Crippen molar-refractivity contribution >= 4 is 18.6 Å². The van der Waals surface area contributed by atoms with Crippen LogP contribution in [0.4, 0.5) is 4.39 Å². The number of nitrogens with zero attached hydrogens (tertiary/aromatic N) is 2. The number of aromatic nitrogens is 2. The monoisotopic (exact) mass is 374 g/mol. The van der Waals surface area contributed by atoms with Gasteiger partial charge in [-0.25, -0.2) is 9.37 Å². The lowest BCUT2D eigenvalue weighted by Crippen LogP contribution is -2.35. The quantitative estimate of drug-likeness (QED) is 0.766. The maximum Gasteiger partial charge on any atom is 0.325 e. The second-order valence-corrected chi connectivity index (χ2v) is 7.97. The fourth-order valence-corrected chi connectivity index (χ4v) is 3.74. The highest BCUT2D eigenvalue weighted by Gasteiger charge is 2.47. The average Bonchev–Trinajstić information content (AvgIpc) is 3.02. The summed E-state index contributed by atoms with van der Waals surface area (Å²) in [4.78, 5) is 13.5. The Morgan fingerprint density at radius 2 is 2.20 bits per heavy atom. The summed E-state index contributed by atoms with van der Waals surface area (Å²) < 4.78 is 43.1. The van der Waals surface area contributed by atoms with E-state index in [1.165, 1.54) is 24.1 Å². The van der Waals surface area contributed by atoms with Crippen LogP contribution in [-0.2, 0) is 18.6 Å². The molecule has 0 spiro atoms. The molecular formula is C15H20FN2O6P. The first-order valence-electron chi connectivity index (χ1n) is 7.65. The topological polar surface area (TPSA) is 103 Å². The summed E-state index contributed by atoms with van der Waals surface area (Å²) >= 11 is 0. The van der Waals surface area contributed by atoms with E-state index in [0.29, 0.717) is 11.1 Å². The number of halogens is 1. The maximum atomic E-state index is 14.0. The number of imidazole rings is 1. The lowest BCUT2D eigenvalue weighted by molar-refractivity contribution is -0.0569. The van der Waals surface area contributed by atoms with E-state index in [-0.39, 0.29) is 12.1 Å². The molecule has 1 aliphatic heterocycles. The van der Waals surface area contributed by atoms with Crippen LogP contribution in [0.3, 0.4) is 0 Å². The molecule has 3 rings (SSSR count). The van der Waals surface area contributed by atoms with Crippen molar-refractivity contribution in [1.82, 2.24) is 9.55 Å². The molecule has 1 fully saturated rings. The number of rotatable bonds is 5. The Morgan fingerprint density at radius 1 is 1.48 bits per heavy atom. The molecule has 1 saturated heterocycles. The summed E-state index contributed by atoms with van der Waals surface area (Å²) in [6.07, 6.45) is -2.70. The molecule has 2 N–H and O–H groups in total. The Kier molecular flexibility index (Phi) is 4.98. The molecule has 2 unspecified atom stereocenters. The molecule has 0 saturated carbocycles. The van der Waals surface area contributed by atoms with Crippen LogP contribution in [-0.4, -0.2) is 58.2 Å². The summed E-state index contributed by atoms with van der Waals surface area (Å²) in [7, 11) is -2.42. The highest BCUT2D eigenvalue weighted by atomic mass is 31.2. The van der Waals surface area contributed by atoms with E-state index >= 15 is 0 Å². The van der Waals surface area contributed by atoms with Gasteiger partial charge in [-0.05, 0) is 24.6 Å². The van der Waals surface area contributed by atoms with Crippen LogP contribution in [0.5, 0.6) is 0 Å². The molecule has 2 aromatic rings. The first-order chi connectivity index (χ1) is 11.7. The first kappa shape index (κ1) is 18.4. The van der Waals surface area contributed by atoms with E-state index in [0.717, 1.165) is 6.66 Å². The number of benzene rings is 1. The van der Waals surface area contributed by atoms with Gasteiger partial charge in [-0.3, -0.25) is 9.09 Å². The van der Waals surface area contributed by atoms with Crippen molar-refractivity contribution in [3.8, 4) is 0 Å². The van der Waals surface area contributed by atoms with E-state index in [2.05, 4.69) is 4.98 Å². The predicted molar refractivity (Wildman–Crippen MR) is 86.8 cm³/mol. The minimum absolute atomic E-state index is 0.0538. The summed E-state index contributed by atoms with van der Waals surface area (Å²) in [6, 6.07) is 3.09. The van der Waals surface area contributed by atoms with E-state index in [4.69, 9.17) is 14.0 Å². The number of aliphatic hydroxyl groups excluding tert-OH is 1. The molecular weight excluding hydrogens is 354 g/mol. The molecule has 1 aromatic heterocycles. The first-order valence-corrected chi connectivity index (χ1v) is 9.67. The molecule has 5 atom stereocenters. The van der Waals surface area contributed by atoms with Gasteiger partial charge in [0.1, 0.15) is 23.8 Å². The normalized spacial score (nSPS) is 29.2. The average molecular weight is 374 g/mol. The number of hydrogen-bond acceptors (Lipinski definition) is 6. The second-order valence-electron chi connectivity index (χ2n) is 6.15. The Hall–Kier alpha value is -1.35. The third-order valence-electron chi connectivity index (χ3n) is 4.01. The van der Waals surface area contributed by atoms with Crippen LogP contribution in [0.15, 0.2) is 18.5 Å². The van der Waals surface area contributed by atoms with E-state index in [9.17, 15) is 19.0 Å². The van der Waals surface area contributed by atoms with Crippen LogP contribution in [0.2, 0.25) is 0 Å². The highest BCUT2D eigenvalue weighted by Crippen LogP contribution is 2.44. The third-order valence-corrected chi connectivity index (χ3v) is 4.64. The zero-order chi connectivity index (χ0) is 18.4. The summed E-state index contributed by atoms with van der Waals surface area (Å²) in [5.41, 5.74) is 1.29. The van der Waals surface area contributed by atoms with E-state index < -0.39 is 38.0 Å². The van der Waals surface area contributed by atoms with Gasteiger partial charge in [-0.2, -0.15) is 0 Å². The number of methoxy groups -OCH3 is 1. The Balaban J connectivity index is 1.99. The SMILES string of the molecule is COC[C@H]1O[C@@H](n2cnc3c(F)cc(C)cc32)[C@@H](O)C1OP(C)(=O)O. The number of aryl methyl sites for hydroxylation is 1. The van der Waals surface area contributed by atoms with Crippen LogP contribution in [0.1, 0.15) is 11.8 Å². The van der Waals surface area contributed by atoms with E-state index in [1.807, 2.05) is 0 Å². The van der Waals surface area contributed by atoms with Crippen molar-refractivity contribution < 1.29 is 33.0 Å². The molecule has 0 aliphatic carbocycles. The van der Waals surface area contributed by atoms with E-state index in [1.54, 1.807) is 13.0 Å². The lowest BCUT2D eigenvalue weighted by atomic mass is 10.1. The Morgan fingerprint density at radius 3 is 2.84 bits per heavy atom. The van der Waals surface area contributed by atoms with Crippen LogP contribution >= 0.6 is 7.60 Å². The molecule has 0 bridgehead atoms. The van der Waals surface area contributed by atoms with Gasteiger partial charge in [-0.15, -0.1) is 0 Å². The molecule has 10 heteroatoms. The largest absolute Gasteiger partial charge is 0.386 e. The zero-order valence-corrected chi connectivity index (χ0v) is 14.9.